The van der Waals surface area contributed by atoms with Crippen molar-refractivity contribution >= 4 is 5.97 Å². The number of carbonyl (C=O) groups is 1. The Kier molecular flexibility index (Phi) is 6.73. The van der Waals surface area contributed by atoms with Crippen molar-refractivity contribution in [1.82, 2.24) is 4.90 Å². The van der Waals surface area contributed by atoms with E-state index in [1.54, 1.807) is 0 Å². The molecule has 1 rings (SSSR count). The van der Waals surface area contributed by atoms with Crippen LogP contribution in [0.4, 0.5) is 0 Å². The standard InChI is InChI=1S/C15H25NO2/c1-4-18-15(17)9-5-7-14-8-6-11-16(12-10-14)13(2)3/h5,7,9,13H,4,6,8,10-12H2,1-3H3. The van der Waals surface area contributed by atoms with E-state index in [9.17, 15) is 4.79 Å². The van der Waals surface area contributed by atoms with Crippen LogP contribution in [-0.4, -0.2) is 36.6 Å². The fourth-order valence-electron chi connectivity index (χ4n) is 2.17. The van der Waals surface area contributed by atoms with Crippen LogP contribution in [0.5, 0.6) is 0 Å². The summed E-state index contributed by atoms with van der Waals surface area (Å²) in [4.78, 5) is 13.7. The van der Waals surface area contributed by atoms with E-state index in [1.165, 1.54) is 24.6 Å². The molecule has 0 spiro atoms. The first kappa shape index (κ1) is 15.0. The van der Waals surface area contributed by atoms with Crippen molar-refractivity contribution in [3.8, 4) is 0 Å². The molecule has 1 fully saturated rings. The third kappa shape index (κ3) is 5.50. The minimum atomic E-state index is -0.258. The maximum Gasteiger partial charge on any atom is 0.330 e. The SMILES string of the molecule is CCOC(=O)C=CC=C1CCCN(C(C)C)CC1. The van der Waals surface area contributed by atoms with Crippen LogP contribution < -0.4 is 0 Å². The number of esters is 1. The highest BCUT2D eigenvalue weighted by atomic mass is 16.5. The zero-order valence-corrected chi connectivity index (χ0v) is 11.8. The molecule has 1 aliphatic heterocycles. The summed E-state index contributed by atoms with van der Waals surface area (Å²) in [6, 6.07) is 0.624. The molecule has 3 nitrogen and oxygen atoms in total. The minimum absolute atomic E-state index is 0.258. The van der Waals surface area contributed by atoms with Gasteiger partial charge in [-0.15, -0.1) is 0 Å². The molecular weight excluding hydrogens is 226 g/mol. The van der Waals surface area contributed by atoms with Crippen LogP contribution in [0.1, 0.15) is 40.0 Å². The number of allylic oxidation sites excluding steroid dienone is 2. The van der Waals surface area contributed by atoms with Crippen molar-refractivity contribution in [2.45, 2.75) is 46.1 Å². The summed E-state index contributed by atoms with van der Waals surface area (Å²) < 4.78 is 4.84. The average Bonchev–Trinajstić information content (AvgIpc) is 2.55. The van der Waals surface area contributed by atoms with Gasteiger partial charge in [0.2, 0.25) is 0 Å². The van der Waals surface area contributed by atoms with Gasteiger partial charge in [0, 0.05) is 18.7 Å². The van der Waals surface area contributed by atoms with Crippen molar-refractivity contribution in [2.24, 2.45) is 0 Å². The van der Waals surface area contributed by atoms with Gasteiger partial charge < -0.3 is 9.64 Å². The van der Waals surface area contributed by atoms with Gasteiger partial charge >= 0.3 is 5.97 Å². The topological polar surface area (TPSA) is 29.5 Å². The molecule has 0 radical (unpaired) electrons. The van der Waals surface area contributed by atoms with Gasteiger partial charge in [0.1, 0.15) is 0 Å². The Hall–Kier alpha value is -1.09. The molecule has 1 heterocycles. The molecule has 0 aromatic heterocycles. The molecule has 0 unspecified atom stereocenters. The molecule has 18 heavy (non-hydrogen) atoms. The van der Waals surface area contributed by atoms with Crippen LogP contribution >= 0.6 is 0 Å². The second-order valence-corrected chi connectivity index (χ2v) is 4.92. The molecule has 0 aliphatic carbocycles. The lowest BCUT2D eigenvalue weighted by atomic mass is 10.1. The summed E-state index contributed by atoms with van der Waals surface area (Å²) >= 11 is 0. The Bertz CT molecular complexity index is 318. The van der Waals surface area contributed by atoms with Crippen LogP contribution in [0.3, 0.4) is 0 Å². The fourth-order valence-corrected chi connectivity index (χ4v) is 2.17. The highest BCUT2D eigenvalue weighted by molar-refractivity contribution is 5.82. The molecule has 0 bridgehead atoms. The van der Waals surface area contributed by atoms with Crippen molar-refractivity contribution in [3.05, 3.63) is 23.8 Å². The number of ether oxygens (including phenoxy) is 1. The fraction of sp³-hybridized carbons (Fsp3) is 0.667. The number of carbonyl (C=O) groups excluding carboxylic acids is 1. The molecule has 1 saturated heterocycles. The Morgan fingerprint density at radius 2 is 2.17 bits per heavy atom. The number of hydrogen-bond donors (Lipinski definition) is 0. The van der Waals surface area contributed by atoms with Crippen LogP contribution in [0.2, 0.25) is 0 Å². The Morgan fingerprint density at radius 3 is 2.83 bits per heavy atom. The van der Waals surface area contributed by atoms with Crippen molar-refractivity contribution < 1.29 is 9.53 Å². The smallest absolute Gasteiger partial charge is 0.330 e. The number of hydrogen-bond acceptors (Lipinski definition) is 3. The zero-order chi connectivity index (χ0) is 13.4. The van der Waals surface area contributed by atoms with E-state index in [0.29, 0.717) is 12.6 Å². The Labute approximate surface area is 110 Å². The van der Waals surface area contributed by atoms with Crippen molar-refractivity contribution in [3.63, 3.8) is 0 Å². The summed E-state index contributed by atoms with van der Waals surface area (Å²) in [5.41, 5.74) is 1.43. The number of rotatable bonds is 4. The van der Waals surface area contributed by atoms with Gasteiger partial charge in [0.05, 0.1) is 6.61 Å². The summed E-state index contributed by atoms with van der Waals surface area (Å²) in [5.74, 6) is -0.258. The first-order valence-corrected chi connectivity index (χ1v) is 6.90. The monoisotopic (exact) mass is 251 g/mol. The first-order valence-electron chi connectivity index (χ1n) is 6.90. The molecule has 0 N–H and O–H groups in total. The average molecular weight is 251 g/mol. The second-order valence-electron chi connectivity index (χ2n) is 4.92. The zero-order valence-electron chi connectivity index (χ0n) is 11.8. The maximum absolute atomic E-state index is 11.1. The quantitative estimate of drug-likeness (QED) is 0.568. The van der Waals surface area contributed by atoms with Crippen LogP contribution in [-0.2, 0) is 9.53 Å². The van der Waals surface area contributed by atoms with E-state index in [1.807, 2.05) is 13.0 Å². The highest BCUT2D eigenvalue weighted by Gasteiger charge is 2.13. The third-order valence-electron chi connectivity index (χ3n) is 3.24. The summed E-state index contributed by atoms with van der Waals surface area (Å²) in [7, 11) is 0. The predicted octanol–water partition coefficient (Wildman–Crippen LogP) is 2.93. The number of likely N-dealkylation sites (tertiary alicyclic amines) is 1. The number of nitrogens with zero attached hydrogens (tertiary/aromatic N) is 1. The predicted molar refractivity (Wildman–Crippen MR) is 74.4 cm³/mol. The largest absolute Gasteiger partial charge is 0.463 e. The first-order chi connectivity index (χ1) is 8.63. The van der Waals surface area contributed by atoms with E-state index in [4.69, 9.17) is 4.74 Å². The lowest BCUT2D eigenvalue weighted by Gasteiger charge is -2.23. The lowest BCUT2D eigenvalue weighted by Crippen LogP contribution is -2.31. The van der Waals surface area contributed by atoms with Gasteiger partial charge in [0.15, 0.2) is 0 Å². The molecule has 0 aromatic rings. The van der Waals surface area contributed by atoms with Crippen molar-refractivity contribution in [2.75, 3.05) is 19.7 Å². The highest BCUT2D eigenvalue weighted by Crippen LogP contribution is 2.18. The Balaban J connectivity index is 2.45. The van der Waals surface area contributed by atoms with Gasteiger partial charge in [-0.1, -0.05) is 17.7 Å². The van der Waals surface area contributed by atoms with Gasteiger partial charge in [-0.3, -0.25) is 0 Å². The van der Waals surface area contributed by atoms with E-state index in [0.717, 1.165) is 19.4 Å². The van der Waals surface area contributed by atoms with Crippen LogP contribution in [0.15, 0.2) is 23.8 Å². The molecule has 0 saturated carbocycles. The molecule has 0 amide bonds. The van der Waals surface area contributed by atoms with Crippen molar-refractivity contribution in [1.29, 1.82) is 0 Å². The lowest BCUT2D eigenvalue weighted by molar-refractivity contribution is -0.137. The normalized spacial score (nSPS) is 20.6. The maximum atomic E-state index is 11.1. The van der Waals surface area contributed by atoms with E-state index < -0.39 is 0 Å². The molecule has 102 valence electrons. The molecule has 1 aliphatic rings. The molecule has 0 aromatic carbocycles. The minimum Gasteiger partial charge on any atom is -0.463 e. The van der Waals surface area contributed by atoms with Gasteiger partial charge in [-0.2, -0.15) is 0 Å². The summed E-state index contributed by atoms with van der Waals surface area (Å²) in [6.45, 7) is 9.04. The third-order valence-corrected chi connectivity index (χ3v) is 3.24. The van der Waals surface area contributed by atoms with Crippen LogP contribution in [0, 0.1) is 0 Å². The van der Waals surface area contributed by atoms with Gasteiger partial charge in [-0.05, 0) is 46.6 Å². The van der Waals surface area contributed by atoms with E-state index in [-0.39, 0.29) is 5.97 Å². The van der Waals surface area contributed by atoms with Gasteiger partial charge in [-0.25, -0.2) is 4.79 Å². The molecule has 3 heteroatoms. The molecular formula is C15H25NO2. The summed E-state index contributed by atoms with van der Waals surface area (Å²) in [6.07, 6.45) is 8.83. The van der Waals surface area contributed by atoms with Crippen LogP contribution in [0.25, 0.3) is 0 Å². The second kappa shape index (κ2) is 8.09. The van der Waals surface area contributed by atoms with E-state index in [2.05, 4.69) is 24.8 Å². The van der Waals surface area contributed by atoms with E-state index >= 15 is 0 Å². The molecule has 0 atom stereocenters. The Morgan fingerprint density at radius 1 is 1.39 bits per heavy atom. The summed E-state index contributed by atoms with van der Waals surface area (Å²) in [5, 5.41) is 0. The van der Waals surface area contributed by atoms with Gasteiger partial charge in [0.25, 0.3) is 0 Å².